The van der Waals surface area contributed by atoms with Crippen LogP contribution in [0.25, 0.3) is 5.69 Å². The third-order valence-electron chi connectivity index (χ3n) is 6.01. The van der Waals surface area contributed by atoms with Gasteiger partial charge in [0, 0.05) is 16.8 Å². The van der Waals surface area contributed by atoms with Crippen molar-refractivity contribution >= 4 is 11.9 Å². The van der Waals surface area contributed by atoms with Gasteiger partial charge in [0.15, 0.2) is 5.69 Å². The first-order valence-corrected chi connectivity index (χ1v) is 8.74. The van der Waals surface area contributed by atoms with Crippen LogP contribution in [0, 0.1) is 5.41 Å². The van der Waals surface area contributed by atoms with Gasteiger partial charge in [-0.2, -0.15) is 5.10 Å². The summed E-state index contributed by atoms with van der Waals surface area (Å²) in [7, 11) is 0. The summed E-state index contributed by atoms with van der Waals surface area (Å²) in [4.78, 5) is 24.0. The molecule has 6 rings (SSSR count). The van der Waals surface area contributed by atoms with E-state index in [1.165, 1.54) is 0 Å². The number of para-hydroxylation sites is 1. The normalized spacial score (nSPS) is 28.6. The van der Waals surface area contributed by atoms with E-state index in [1.807, 2.05) is 35.0 Å². The van der Waals surface area contributed by atoms with Gasteiger partial charge in [-0.25, -0.2) is 4.68 Å². The lowest BCUT2D eigenvalue weighted by atomic mass is 9.39. The highest BCUT2D eigenvalue weighted by molar-refractivity contribution is 5.96. The van der Waals surface area contributed by atoms with E-state index >= 15 is 0 Å². The second-order valence-corrected chi connectivity index (χ2v) is 7.73. The van der Waals surface area contributed by atoms with E-state index in [0.717, 1.165) is 36.2 Å². The van der Waals surface area contributed by atoms with Crippen LogP contribution >= 0.6 is 0 Å². The van der Waals surface area contributed by atoms with Crippen molar-refractivity contribution in [2.75, 3.05) is 0 Å². The van der Waals surface area contributed by atoms with Crippen LogP contribution in [0.3, 0.4) is 0 Å². The first-order chi connectivity index (χ1) is 12.0. The zero-order valence-corrected chi connectivity index (χ0v) is 13.8. The van der Waals surface area contributed by atoms with Crippen molar-refractivity contribution in [3.05, 3.63) is 47.3 Å². The fourth-order valence-corrected chi connectivity index (χ4v) is 4.85. The lowest BCUT2D eigenvalue weighted by Gasteiger charge is -2.67. The molecule has 1 aromatic carbocycles. The van der Waals surface area contributed by atoms with E-state index in [2.05, 4.69) is 10.4 Å². The number of aromatic nitrogens is 2. The molecule has 0 spiro atoms. The van der Waals surface area contributed by atoms with Gasteiger partial charge >= 0.3 is 5.97 Å². The average molecular weight is 337 g/mol. The smallest absolute Gasteiger partial charge is 0.309 e. The van der Waals surface area contributed by atoms with Gasteiger partial charge in [0.05, 0.1) is 11.1 Å². The molecule has 25 heavy (non-hydrogen) atoms. The molecule has 128 valence electrons. The number of nitrogens with one attached hydrogen (secondary N) is 1. The largest absolute Gasteiger partial charge is 0.481 e. The van der Waals surface area contributed by atoms with Gasteiger partial charge in [0.25, 0.3) is 5.91 Å². The van der Waals surface area contributed by atoms with Gasteiger partial charge < -0.3 is 10.4 Å². The van der Waals surface area contributed by atoms with Crippen molar-refractivity contribution in [1.29, 1.82) is 0 Å². The molecule has 0 aliphatic heterocycles. The van der Waals surface area contributed by atoms with E-state index in [-0.39, 0.29) is 11.4 Å². The Balaban J connectivity index is 1.42. The Morgan fingerprint density at radius 1 is 1.12 bits per heavy atom. The first-order valence-electron chi connectivity index (χ1n) is 8.74. The van der Waals surface area contributed by atoms with E-state index < -0.39 is 11.4 Å². The van der Waals surface area contributed by atoms with Crippen LogP contribution in [0.4, 0.5) is 0 Å². The zero-order valence-electron chi connectivity index (χ0n) is 13.8. The Morgan fingerprint density at radius 2 is 1.84 bits per heavy atom. The number of carbonyl (C=O) groups excluding carboxylic acids is 1. The topological polar surface area (TPSA) is 84.2 Å². The Bertz CT molecular complexity index is 880. The van der Waals surface area contributed by atoms with E-state index in [1.54, 1.807) is 0 Å². The standard InChI is InChI=1S/C19H19N3O3/c23-16(20-19-9-18(10-19,11-19)17(24)25)15-13-7-4-8-14(13)22(21-15)12-5-2-1-3-6-12/h1-3,5-6H,4,7-11H2,(H,20,23)(H,24,25). The van der Waals surface area contributed by atoms with Gasteiger partial charge in [-0.3, -0.25) is 9.59 Å². The van der Waals surface area contributed by atoms with Crippen LogP contribution in [-0.4, -0.2) is 32.3 Å². The Labute approximate surface area is 144 Å². The molecule has 3 saturated carbocycles. The van der Waals surface area contributed by atoms with Crippen molar-refractivity contribution in [2.24, 2.45) is 5.41 Å². The minimum Gasteiger partial charge on any atom is -0.481 e. The van der Waals surface area contributed by atoms with Gasteiger partial charge in [0.1, 0.15) is 0 Å². The third kappa shape index (κ3) is 1.94. The number of carbonyl (C=O) groups is 2. The SMILES string of the molecule is O=C(NC12CC(C(=O)O)(C1)C2)c1nn(-c2ccccc2)c2c1CCC2. The van der Waals surface area contributed by atoms with Crippen LogP contribution in [0.1, 0.15) is 47.4 Å². The van der Waals surface area contributed by atoms with Crippen molar-refractivity contribution in [2.45, 2.75) is 44.1 Å². The molecule has 0 unspecified atom stereocenters. The van der Waals surface area contributed by atoms with Crippen LogP contribution in [0.5, 0.6) is 0 Å². The second kappa shape index (κ2) is 4.71. The second-order valence-electron chi connectivity index (χ2n) is 7.73. The number of fused-ring (bicyclic) bond motifs is 1. The number of benzene rings is 1. The lowest BCUT2D eigenvalue weighted by molar-refractivity contribution is -0.196. The molecular formula is C19H19N3O3. The monoisotopic (exact) mass is 337 g/mol. The number of hydrogen-bond acceptors (Lipinski definition) is 3. The summed E-state index contributed by atoms with van der Waals surface area (Å²) >= 11 is 0. The Hall–Kier alpha value is -2.63. The Kier molecular flexibility index (Phi) is 2.77. The summed E-state index contributed by atoms with van der Waals surface area (Å²) in [6, 6.07) is 9.87. The molecule has 2 bridgehead atoms. The van der Waals surface area contributed by atoms with E-state index in [0.29, 0.717) is 25.0 Å². The number of hydrogen-bond donors (Lipinski definition) is 2. The molecule has 2 N–H and O–H groups in total. The summed E-state index contributed by atoms with van der Waals surface area (Å²) in [6.07, 6.45) is 4.47. The summed E-state index contributed by atoms with van der Waals surface area (Å²) in [6.45, 7) is 0. The molecular weight excluding hydrogens is 318 g/mol. The number of carboxylic acid groups (broad SMARTS) is 1. The molecule has 6 heteroatoms. The molecule has 6 nitrogen and oxygen atoms in total. The molecule has 0 atom stereocenters. The van der Waals surface area contributed by atoms with E-state index in [4.69, 9.17) is 0 Å². The summed E-state index contributed by atoms with van der Waals surface area (Å²) in [5, 5.41) is 16.9. The van der Waals surface area contributed by atoms with Crippen LogP contribution in [-0.2, 0) is 17.6 Å². The highest BCUT2D eigenvalue weighted by Gasteiger charge is 2.72. The highest BCUT2D eigenvalue weighted by Crippen LogP contribution is 2.67. The molecule has 0 radical (unpaired) electrons. The van der Waals surface area contributed by atoms with Crippen molar-refractivity contribution in [3.63, 3.8) is 0 Å². The lowest BCUT2D eigenvalue weighted by Crippen LogP contribution is -2.77. The predicted molar refractivity (Wildman–Crippen MR) is 89.7 cm³/mol. The molecule has 4 aliphatic carbocycles. The minimum absolute atomic E-state index is 0.161. The number of carboxylic acids is 1. The first kappa shape index (κ1) is 14.7. The van der Waals surface area contributed by atoms with Crippen molar-refractivity contribution < 1.29 is 14.7 Å². The maximum atomic E-state index is 12.8. The number of nitrogens with zero attached hydrogens (tertiary/aromatic N) is 2. The third-order valence-corrected chi connectivity index (χ3v) is 6.01. The van der Waals surface area contributed by atoms with Crippen LogP contribution < -0.4 is 5.32 Å². The fraction of sp³-hybridized carbons (Fsp3) is 0.421. The van der Waals surface area contributed by atoms with Gasteiger partial charge in [-0.1, -0.05) is 18.2 Å². The van der Waals surface area contributed by atoms with E-state index in [9.17, 15) is 14.7 Å². The maximum absolute atomic E-state index is 12.8. The minimum atomic E-state index is -0.738. The molecule has 1 amide bonds. The Morgan fingerprint density at radius 3 is 2.52 bits per heavy atom. The molecule has 1 aromatic heterocycles. The average Bonchev–Trinajstić information content (AvgIpc) is 3.11. The summed E-state index contributed by atoms with van der Waals surface area (Å²) < 4.78 is 1.89. The highest BCUT2D eigenvalue weighted by atomic mass is 16.4. The fourth-order valence-electron chi connectivity index (χ4n) is 4.85. The van der Waals surface area contributed by atoms with Crippen molar-refractivity contribution in [3.8, 4) is 5.69 Å². The maximum Gasteiger partial charge on any atom is 0.309 e. The molecule has 4 aliphatic rings. The predicted octanol–water partition coefficient (Wildman–Crippen LogP) is 2.10. The zero-order chi connectivity index (χ0) is 17.2. The number of aliphatic carboxylic acids is 1. The molecule has 0 saturated heterocycles. The number of amides is 1. The van der Waals surface area contributed by atoms with Crippen LogP contribution in [0.15, 0.2) is 30.3 Å². The molecule has 1 heterocycles. The number of rotatable bonds is 4. The summed E-state index contributed by atoms with van der Waals surface area (Å²) in [5.41, 5.74) is 2.73. The van der Waals surface area contributed by atoms with Crippen molar-refractivity contribution in [1.82, 2.24) is 15.1 Å². The van der Waals surface area contributed by atoms with Gasteiger partial charge in [-0.15, -0.1) is 0 Å². The van der Waals surface area contributed by atoms with Gasteiger partial charge in [0.2, 0.25) is 0 Å². The molecule has 3 fully saturated rings. The quantitative estimate of drug-likeness (QED) is 0.895. The van der Waals surface area contributed by atoms with Crippen LogP contribution in [0.2, 0.25) is 0 Å². The molecule has 2 aromatic rings. The summed E-state index contributed by atoms with van der Waals surface area (Å²) in [5.74, 6) is -0.899. The van der Waals surface area contributed by atoms with Gasteiger partial charge in [-0.05, 0) is 50.7 Å².